The maximum Gasteiger partial charge on any atom is 0.318 e. The predicted molar refractivity (Wildman–Crippen MR) is 111 cm³/mol. The summed E-state index contributed by atoms with van der Waals surface area (Å²) in [6.45, 7) is 1.84. The third kappa shape index (κ3) is 4.87. The van der Waals surface area contributed by atoms with Gasteiger partial charge in [0.1, 0.15) is 6.04 Å². The summed E-state index contributed by atoms with van der Waals surface area (Å²) in [4.78, 5) is 15.0. The van der Waals surface area contributed by atoms with Gasteiger partial charge >= 0.3 is 6.01 Å². The highest BCUT2D eigenvalue weighted by Crippen LogP contribution is 2.27. The Morgan fingerprint density at radius 2 is 1.89 bits per heavy atom. The van der Waals surface area contributed by atoms with Gasteiger partial charge in [0.05, 0.1) is 0 Å². The molecule has 1 aliphatic carbocycles. The third-order valence-electron chi connectivity index (χ3n) is 5.58. The van der Waals surface area contributed by atoms with E-state index in [1.54, 1.807) is 0 Å². The van der Waals surface area contributed by atoms with Gasteiger partial charge in [-0.3, -0.25) is 4.79 Å². The molecule has 1 aromatic carbocycles. The van der Waals surface area contributed by atoms with Crippen LogP contribution in [0.5, 0.6) is 0 Å². The van der Waals surface area contributed by atoms with Crippen LogP contribution < -0.4 is 10.2 Å². The van der Waals surface area contributed by atoms with Gasteiger partial charge < -0.3 is 14.6 Å². The van der Waals surface area contributed by atoms with Crippen LogP contribution in [0.2, 0.25) is 0 Å². The molecule has 2 aliphatic rings. The number of carbonyl (C=O) groups is 1. The molecule has 2 fully saturated rings. The number of carbonyl (C=O) groups excluding carboxylic acids is 1. The molecule has 6 nitrogen and oxygen atoms in total. The van der Waals surface area contributed by atoms with Crippen LogP contribution in [0.25, 0.3) is 0 Å². The van der Waals surface area contributed by atoms with Gasteiger partial charge in [-0.1, -0.05) is 54.7 Å². The zero-order valence-electron chi connectivity index (χ0n) is 16.2. The average molecular weight is 401 g/mol. The molecule has 150 valence electrons. The summed E-state index contributed by atoms with van der Waals surface area (Å²) in [6, 6.07) is 10.4. The van der Waals surface area contributed by atoms with Crippen LogP contribution in [0, 0.1) is 5.92 Å². The molecule has 1 aliphatic heterocycles. The lowest BCUT2D eigenvalue weighted by molar-refractivity contribution is -0.126. The molecule has 1 atom stereocenters. The van der Waals surface area contributed by atoms with Gasteiger partial charge in [-0.15, -0.1) is 5.10 Å². The van der Waals surface area contributed by atoms with Crippen LogP contribution >= 0.6 is 11.8 Å². The predicted octanol–water partition coefficient (Wildman–Crippen LogP) is 3.60. The fourth-order valence-corrected chi connectivity index (χ4v) is 4.86. The van der Waals surface area contributed by atoms with E-state index in [2.05, 4.69) is 32.5 Å². The molecule has 2 aromatic rings. The molecule has 7 heteroatoms. The highest BCUT2D eigenvalue weighted by atomic mass is 32.2. The van der Waals surface area contributed by atoms with Gasteiger partial charge in [-0.2, -0.15) is 11.8 Å². The number of thioether (sulfide) groups is 1. The van der Waals surface area contributed by atoms with E-state index in [1.807, 2.05) is 30.0 Å². The average Bonchev–Trinajstić information content (AvgIpc) is 3.25. The number of amides is 1. The molecule has 0 spiro atoms. The molecule has 1 unspecified atom stereocenters. The Balaban J connectivity index is 1.50. The number of anilines is 1. The maximum absolute atomic E-state index is 12.9. The van der Waals surface area contributed by atoms with Crippen molar-refractivity contribution in [2.24, 2.45) is 5.92 Å². The Bertz CT molecular complexity index is 755. The van der Waals surface area contributed by atoms with Crippen molar-refractivity contribution in [1.29, 1.82) is 0 Å². The van der Waals surface area contributed by atoms with Crippen LogP contribution in [0.15, 0.2) is 34.7 Å². The van der Waals surface area contributed by atoms with Crippen molar-refractivity contribution in [1.82, 2.24) is 15.5 Å². The van der Waals surface area contributed by atoms with Crippen molar-refractivity contribution in [2.45, 2.75) is 44.6 Å². The van der Waals surface area contributed by atoms with Crippen molar-refractivity contribution >= 4 is 23.7 Å². The molecule has 1 saturated carbocycles. The molecule has 1 amide bonds. The SMILES string of the molecule is O=C(NC(Cc1ccccc1)c1nnc(N2CCSCC2)o1)C1CCCCC1. The smallest absolute Gasteiger partial charge is 0.318 e. The number of benzene rings is 1. The minimum Gasteiger partial charge on any atom is -0.406 e. The molecule has 1 saturated heterocycles. The van der Waals surface area contributed by atoms with Crippen LogP contribution in [-0.4, -0.2) is 40.7 Å². The number of nitrogens with zero attached hydrogens (tertiary/aromatic N) is 3. The molecule has 1 N–H and O–H groups in total. The first-order valence-electron chi connectivity index (χ1n) is 10.3. The summed E-state index contributed by atoms with van der Waals surface area (Å²) in [5.74, 6) is 2.87. The van der Waals surface area contributed by atoms with E-state index in [4.69, 9.17) is 4.42 Å². The Morgan fingerprint density at radius 1 is 1.14 bits per heavy atom. The van der Waals surface area contributed by atoms with E-state index in [0.29, 0.717) is 18.3 Å². The zero-order valence-corrected chi connectivity index (χ0v) is 17.0. The van der Waals surface area contributed by atoms with Crippen molar-refractivity contribution in [2.75, 3.05) is 29.5 Å². The molecule has 4 rings (SSSR count). The van der Waals surface area contributed by atoms with E-state index in [0.717, 1.165) is 55.8 Å². The molecule has 1 aromatic heterocycles. The Morgan fingerprint density at radius 3 is 2.64 bits per heavy atom. The molecular formula is C21H28N4O2S. The van der Waals surface area contributed by atoms with Crippen molar-refractivity contribution in [3.63, 3.8) is 0 Å². The van der Waals surface area contributed by atoms with Gasteiger partial charge in [-0.25, -0.2) is 0 Å². The largest absolute Gasteiger partial charge is 0.406 e. The van der Waals surface area contributed by atoms with Gasteiger partial charge in [0, 0.05) is 36.9 Å². The monoisotopic (exact) mass is 400 g/mol. The number of hydrogen-bond acceptors (Lipinski definition) is 6. The first-order valence-corrected chi connectivity index (χ1v) is 11.5. The molecule has 2 heterocycles. The highest BCUT2D eigenvalue weighted by molar-refractivity contribution is 7.99. The van der Waals surface area contributed by atoms with Gasteiger partial charge in [0.15, 0.2) is 0 Å². The quantitative estimate of drug-likeness (QED) is 0.799. The van der Waals surface area contributed by atoms with Gasteiger partial charge in [-0.05, 0) is 18.4 Å². The summed E-state index contributed by atoms with van der Waals surface area (Å²) in [7, 11) is 0. The number of rotatable bonds is 6. The summed E-state index contributed by atoms with van der Waals surface area (Å²) in [6.07, 6.45) is 6.11. The van der Waals surface area contributed by atoms with E-state index in [-0.39, 0.29) is 17.9 Å². The van der Waals surface area contributed by atoms with Crippen molar-refractivity contribution < 1.29 is 9.21 Å². The summed E-state index contributed by atoms with van der Waals surface area (Å²) in [5.41, 5.74) is 1.14. The second kappa shape index (κ2) is 9.45. The van der Waals surface area contributed by atoms with Crippen molar-refractivity contribution in [3.05, 3.63) is 41.8 Å². The van der Waals surface area contributed by atoms with Gasteiger partial charge in [0.2, 0.25) is 11.8 Å². The fraction of sp³-hybridized carbons (Fsp3) is 0.571. The minimum absolute atomic E-state index is 0.105. The Labute approximate surface area is 170 Å². The normalized spacial score (nSPS) is 19.4. The standard InChI is InChI=1S/C21H28N4O2S/c26-19(17-9-5-2-6-10-17)22-18(15-16-7-3-1-4-8-16)20-23-24-21(27-20)25-11-13-28-14-12-25/h1,3-4,7-8,17-18H,2,5-6,9-15H2,(H,22,26). The van der Waals surface area contributed by atoms with Crippen LogP contribution in [0.3, 0.4) is 0 Å². The van der Waals surface area contributed by atoms with Gasteiger partial charge in [0.25, 0.3) is 0 Å². The van der Waals surface area contributed by atoms with Crippen molar-refractivity contribution in [3.8, 4) is 0 Å². The molecule has 28 heavy (non-hydrogen) atoms. The molecule has 0 radical (unpaired) electrons. The highest BCUT2D eigenvalue weighted by Gasteiger charge is 2.28. The lowest BCUT2D eigenvalue weighted by Crippen LogP contribution is -2.36. The van der Waals surface area contributed by atoms with Crippen LogP contribution in [0.4, 0.5) is 6.01 Å². The minimum atomic E-state index is -0.294. The Kier molecular flexibility index (Phi) is 6.52. The lowest BCUT2D eigenvalue weighted by Gasteiger charge is -2.24. The summed E-state index contributed by atoms with van der Waals surface area (Å²) in [5, 5.41) is 11.8. The van der Waals surface area contributed by atoms with E-state index >= 15 is 0 Å². The number of hydrogen-bond donors (Lipinski definition) is 1. The molecular weight excluding hydrogens is 372 g/mol. The number of aromatic nitrogens is 2. The third-order valence-corrected chi connectivity index (χ3v) is 6.53. The molecule has 0 bridgehead atoms. The zero-order chi connectivity index (χ0) is 19.2. The Hall–Kier alpha value is -2.02. The van der Waals surface area contributed by atoms with E-state index in [1.165, 1.54) is 6.42 Å². The van der Waals surface area contributed by atoms with E-state index < -0.39 is 0 Å². The first-order chi connectivity index (χ1) is 13.8. The fourth-order valence-electron chi connectivity index (χ4n) is 3.95. The van der Waals surface area contributed by atoms with Crippen LogP contribution in [0.1, 0.15) is 49.6 Å². The summed E-state index contributed by atoms with van der Waals surface area (Å²) >= 11 is 1.94. The lowest BCUT2D eigenvalue weighted by atomic mass is 9.88. The topological polar surface area (TPSA) is 71.3 Å². The van der Waals surface area contributed by atoms with E-state index in [9.17, 15) is 4.79 Å². The second-order valence-corrected chi connectivity index (χ2v) is 8.83. The number of nitrogens with one attached hydrogen (secondary N) is 1. The first kappa shape index (κ1) is 19.3. The maximum atomic E-state index is 12.9. The summed E-state index contributed by atoms with van der Waals surface area (Å²) < 4.78 is 6.03. The second-order valence-electron chi connectivity index (χ2n) is 7.61. The van der Waals surface area contributed by atoms with Crippen LogP contribution in [-0.2, 0) is 11.2 Å².